The molecule has 0 bridgehead atoms. The molecule has 0 amide bonds. The summed E-state index contributed by atoms with van der Waals surface area (Å²) < 4.78 is 10.8. The van der Waals surface area contributed by atoms with Crippen molar-refractivity contribution in [3.8, 4) is 11.5 Å². The SMILES string of the molecule is c1ccc2cc(-c3nc(C4COCCN4)no3)ccc2c1. The highest BCUT2D eigenvalue weighted by molar-refractivity contribution is 5.86. The van der Waals surface area contributed by atoms with E-state index in [1.165, 1.54) is 5.39 Å². The van der Waals surface area contributed by atoms with E-state index in [1.807, 2.05) is 18.2 Å². The lowest BCUT2D eigenvalue weighted by Gasteiger charge is -2.20. The van der Waals surface area contributed by atoms with Gasteiger partial charge in [-0.3, -0.25) is 0 Å². The zero-order chi connectivity index (χ0) is 14.1. The molecule has 1 atom stereocenters. The zero-order valence-corrected chi connectivity index (χ0v) is 11.5. The molecule has 106 valence electrons. The number of fused-ring (bicyclic) bond motifs is 1. The van der Waals surface area contributed by atoms with Gasteiger partial charge in [0.15, 0.2) is 5.82 Å². The monoisotopic (exact) mass is 281 g/mol. The number of hydrogen-bond donors (Lipinski definition) is 1. The number of nitrogens with zero attached hydrogens (tertiary/aromatic N) is 2. The molecule has 4 rings (SSSR count). The van der Waals surface area contributed by atoms with Crippen molar-refractivity contribution in [3.05, 3.63) is 48.3 Å². The average molecular weight is 281 g/mol. The van der Waals surface area contributed by atoms with Gasteiger partial charge in [0.1, 0.15) is 0 Å². The second-order valence-corrected chi connectivity index (χ2v) is 5.10. The third kappa shape index (κ3) is 2.41. The van der Waals surface area contributed by atoms with Gasteiger partial charge in [-0.15, -0.1) is 0 Å². The lowest BCUT2D eigenvalue weighted by molar-refractivity contribution is 0.0734. The molecular formula is C16H15N3O2. The van der Waals surface area contributed by atoms with E-state index >= 15 is 0 Å². The Morgan fingerprint density at radius 2 is 2.00 bits per heavy atom. The summed E-state index contributed by atoms with van der Waals surface area (Å²) in [4.78, 5) is 4.49. The van der Waals surface area contributed by atoms with E-state index < -0.39 is 0 Å². The molecular weight excluding hydrogens is 266 g/mol. The molecule has 2 heterocycles. The molecule has 1 aromatic heterocycles. The minimum absolute atomic E-state index is 0.0108. The first-order chi connectivity index (χ1) is 10.4. The fourth-order valence-corrected chi connectivity index (χ4v) is 2.55. The van der Waals surface area contributed by atoms with Crippen molar-refractivity contribution in [1.29, 1.82) is 0 Å². The van der Waals surface area contributed by atoms with Crippen molar-refractivity contribution in [2.45, 2.75) is 6.04 Å². The Kier molecular flexibility index (Phi) is 3.14. The zero-order valence-electron chi connectivity index (χ0n) is 11.5. The molecule has 0 saturated carbocycles. The summed E-state index contributed by atoms with van der Waals surface area (Å²) in [5, 5.41) is 9.75. The highest BCUT2D eigenvalue weighted by Gasteiger charge is 2.21. The number of morpholine rings is 1. The van der Waals surface area contributed by atoms with Gasteiger partial charge in [0.2, 0.25) is 0 Å². The summed E-state index contributed by atoms with van der Waals surface area (Å²) >= 11 is 0. The molecule has 5 heteroatoms. The first-order valence-electron chi connectivity index (χ1n) is 7.04. The maximum absolute atomic E-state index is 5.42. The summed E-state index contributed by atoms with van der Waals surface area (Å²) in [5.41, 5.74) is 0.934. The van der Waals surface area contributed by atoms with Crippen LogP contribution in [0.15, 0.2) is 47.0 Å². The average Bonchev–Trinajstić information content (AvgIpc) is 3.05. The van der Waals surface area contributed by atoms with Crippen molar-refractivity contribution in [3.63, 3.8) is 0 Å². The molecule has 1 fully saturated rings. The normalized spacial score (nSPS) is 19.0. The van der Waals surface area contributed by atoms with E-state index in [4.69, 9.17) is 9.26 Å². The molecule has 0 aliphatic carbocycles. The lowest BCUT2D eigenvalue weighted by Crippen LogP contribution is -2.35. The van der Waals surface area contributed by atoms with Crippen LogP contribution in [0.5, 0.6) is 0 Å². The first kappa shape index (κ1) is 12.5. The van der Waals surface area contributed by atoms with Crippen LogP contribution < -0.4 is 5.32 Å². The van der Waals surface area contributed by atoms with Gasteiger partial charge >= 0.3 is 0 Å². The highest BCUT2D eigenvalue weighted by Crippen LogP contribution is 2.24. The van der Waals surface area contributed by atoms with E-state index in [1.54, 1.807) is 0 Å². The molecule has 2 aromatic carbocycles. The fraction of sp³-hybridized carbons (Fsp3) is 0.250. The van der Waals surface area contributed by atoms with Crippen LogP contribution in [-0.4, -0.2) is 29.9 Å². The Balaban J connectivity index is 1.67. The Morgan fingerprint density at radius 3 is 2.86 bits per heavy atom. The Bertz CT molecular complexity index is 763. The van der Waals surface area contributed by atoms with Gasteiger partial charge in [0.25, 0.3) is 5.89 Å². The van der Waals surface area contributed by atoms with Crippen molar-refractivity contribution < 1.29 is 9.26 Å². The summed E-state index contributed by atoms with van der Waals surface area (Å²) in [6, 6.07) is 14.4. The third-order valence-corrected chi connectivity index (χ3v) is 3.67. The predicted octanol–water partition coefficient (Wildman–Crippen LogP) is 2.55. The number of hydrogen-bond acceptors (Lipinski definition) is 5. The predicted molar refractivity (Wildman–Crippen MR) is 78.8 cm³/mol. The Morgan fingerprint density at radius 1 is 1.10 bits per heavy atom. The van der Waals surface area contributed by atoms with Gasteiger partial charge in [-0.05, 0) is 22.9 Å². The van der Waals surface area contributed by atoms with E-state index in [2.05, 4.69) is 39.7 Å². The molecule has 0 radical (unpaired) electrons. The number of ether oxygens (including phenoxy) is 1. The second-order valence-electron chi connectivity index (χ2n) is 5.10. The van der Waals surface area contributed by atoms with Gasteiger partial charge in [0.05, 0.1) is 19.3 Å². The number of aromatic nitrogens is 2. The van der Waals surface area contributed by atoms with Crippen LogP contribution >= 0.6 is 0 Å². The smallest absolute Gasteiger partial charge is 0.258 e. The van der Waals surface area contributed by atoms with E-state index in [-0.39, 0.29) is 6.04 Å². The van der Waals surface area contributed by atoms with Crippen LogP contribution in [0.2, 0.25) is 0 Å². The first-order valence-corrected chi connectivity index (χ1v) is 7.04. The van der Waals surface area contributed by atoms with E-state index in [0.717, 1.165) is 24.1 Å². The Labute approximate surface area is 121 Å². The summed E-state index contributed by atoms with van der Waals surface area (Å²) in [7, 11) is 0. The molecule has 5 nitrogen and oxygen atoms in total. The van der Waals surface area contributed by atoms with Crippen molar-refractivity contribution >= 4 is 10.8 Å². The van der Waals surface area contributed by atoms with Gasteiger partial charge in [0, 0.05) is 12.1 Å². The molecule has 1 saturated heterocycles. The molecule has 1 aliphatic heterocycles. The topological polar surface area (TPSA) is 60.2 Å². The summed E-state index contributed by atoms with van der Waals surface area (Å²) in [6.07, 6.45) is 0. The van der Waals surface area contributed by atoms with Crippen LogP contribution in [-0.2, 0) is 4.74 Å². The lowest BCUT2D eigenvalue weighted by atomic mass is 10.1. The number of rotatable bonds is 2. The van der Waals surface area contributed by atoms with Gasteiger partial charge in [-0.2, -0.15) is 4.98 Å². The maximum Gasteiger partial charge on any atom is 0.258 e. The minimum Gasteiger partial charge on any atom is -0.378 e. The molecule has 1 N–H and O–H groups in total. The van der Waals surface area contributed by atoms with Crippen LogP contribution in [0.1, 0.15) is 11.9 Å². The minimum atomic E-state index is 0.0108. The summed E-state index contributed by atoms with van der Waals surface area (Å²) in [6.45, 7) is 2.12. The van der Waals surface area contributed by atoms with E-state index in [0.29, 0.717) is 18.3 Å². The van der Waals surface area contributed by atoms with Gasteiger partial charge < -0.3 is 14.6 Å². The van der Waals surface area contributed by atoms with Crippen LogP contribution in [0.25, 0.3) is 22.2 Å². The molecule has 1 aliphatic rings. The molecule has 1 unspecified atom stereocenters. The number of benzene rings is 2. The largest absolute Gasteiger partial charge is 0.378 e. The third-order valence-electron chi connectivity index (χ3n) is 3.67. The second kappa shape index (κ2) is 5.27. The van der Waals surface area contributed by atoms with Crippen molar-refractivity contribution in [2.24, 2.45) is 0 Å². The van der Waals surface area contributed by atoms with E-state index in [9.17, 15) is 0 Å². The van der Waals surface area contributed by atoms with Crippen LogP contribution in [0, 0.1) is 0 Å². The fourth-order valence-electron chi connectivity index (χ4n) is 2.55. The highest BCUT2D eigenvalue weighted by atomic mass is 16.5. The summed E-state index contributed by atoms with van der Waals surface area (Å²) in [5.74, 6) is 1.20. The molecule has 0 spiro atoms. The number of nitrogens with one attached hydrogen (secondary N) is 1. The Hall–Kier alpha value is -2.24. The van der Waals surface area contributed by atoms with Crippen molar-refractivity contribution in [2.75, 3.05) is 19.8 Å². The van der Waals surface area contributed by atoms with Crippen molar-refractivity contribution in [1.82, 2.24) is 15.5 Å². The van der Waals surface area contributed by atoms with Gasteiger partial charge in [-0.25, -0.2) is 0 Å². The molecule has 3 aromatic rings. The van der Waals surface area contributed by atoms with Gasteiger partial charge in [-0.1, -0.05) is 35.5 Å². The quantitative estimate of drug-likeness (QED) is 0.782. The molecule has 21 heavy (non-hydrogen) atoms. The van der Waals surface area contributed by atoms with Crippen LogP contribution in [0.3, 0.4) is 0 Å². The standard InChI is InChI=1S/C16H15N3O2/c1-2-4-12-9-13(6-5-11(12)3-1)16-18-15(19-21-16)14-10-20-8-7-17-14/h1-6,9,14,17H,7-8,10H2. The maximum atomic E-state index is 5.42. The van der Waals surface area contributed by atoms with Crippen LogP contribution in [0.4, 0.5) is 0 Å².